The number of amides is 1. The molecule has 0 aromatic heterocycles. The van der Waals surface area contributed by atoms with Crippen molar-refractivity contribution in [3.8, 4) is 0 Å². The number of sulfone groups is 1. The minimum Gasteiger partial charge on any atom is -0.350 e. The van der Waals surface area contributed by atoms with Crippen molar-refractivity contribution in [1.82, 2.24) is 5.32 Å². The highest BCUT2D eigenvalue weighted by molar-refractivity contribution is 8.15. The molecule has 0 saturated carbocycles. The third kappa shape index (κ3) is 5.23. The zero-order valence-electron chi connectivity index (χ0n) is 16.7. The molecule has 1 fully saturated rings. The number of nitrogens with one attached hydrogen (secondary N) is 2. The lowest BCUT2D eigenvalue weighted by Crippen LogP contribution is -2.32. The van der Waals surface area contributed by atoms with Gasteiger partial charge in [-0.3, -0.25) is 9.79 Å². The summed E-state index contributed by atoms with van der Waals surface area (Å²) in [6, 6.07) is 17.4. The Morgan fingerprint density at radius 1 is 1.17 bits per heavy atom. The van der Waals surface area contributed by atoms with Crippen LogP contribution in [0.5, 0.6) is 0 Å². The molecule has 1 saturated heterocycles. The molecule has 2 aliphatic heterocycles. The average Bonchev–Trinajstić information content (AvgIpc) is 3.19. The Hall–Kier alpha value is -2.32. The normalized spacial score (nSPS) is 22.8. The van der Waals surface area contributed by atoms with Gasteiger partial charge in [-0.25, -0.2) is 8.42 Å². The molecule has 2 heterocycles. The number of aryl methyl sites for hydroxylation is 1. The Morgan fingerprint density at radius 3 is 2.73 bits per heavy atom. The lowest BCUT2D eigenvalue weighted by atomic mass is 10.1. The van der Waals surface area contributed by atoms with E-state index < -0.39 is 9.84 Å². The summed E-state index contributed by atoms with van der Waals surface area (Å²) in [4.78, 5) is 17.2. The van der Waals surface area contributed by atoms with Gasteiger partial charge in [0.25, 0.3) is 5.91 Å². The van der Waals surface area contributed by atoms with Crippen LogP contribution in [-0.2, 0) is 16.3 Å². The first kappa shape index (κ1) is 20.9. The predicted molar refractivity (Wildman–Crippen MR) is 123 cm³/mol. The van der Waals surface area contributed by atoms with E-state index >= 15 is 0 Å². The molecule has 4 rings (SSSR count). The van der Waals surface area contributed by atoms with Gasteiger partial charge in [-0.15, -0.1) is 0 Å². The number of hydrogen-bond acceptors (Lipinski definition) is 6. The van der Waals surface area contributed by atoms with Gasteiger partial charge in [0.15, 0.2) is 15.0 Å². The number of amidine groups is 1. The Kier molecular flexibility index (Phi) is 6.15. The fourth-order valence-electron chi connectivity index (χ4n) is 3.68. The van der Waals surface area contributed by atoms with Crippen molar-refractivity contribution in [3.05, 3.63) is 65.7 Å². The molecule has 2 aromatic rings. The van der Waals surface area contributed by atoms with E-state index in [0.717, 1.165) is 18.5 Å². The van der Waals surface area contributed by atoms with Crippen molar-refractivity contribution in [2.75, 3.05) is 16.8 Å². The fraction of sp³-hybridized carbons (Fsp3) is 0.364. The molecule has 0 radical (unpaired) electrons. The Morgan fingerprint density at radius 2 is 1.97 bits per heavy atom. The highest BCUT2D eigenvalue weighted by atomic mass is 32.2. The Bertz CT molecular complexity index is 1050. The van der Waals surface area contributed by atoms with Crippen molar-refractivity contribution >= 4 is 38.4 Å². The van der Waals surface area contributed by atoms with Gasteiger partial charge in [0.1, 0.15) is 0 Å². The monoisotopic (exact) mass is 443 g/mol. The minimum absolute atomic E-state index is 0.00514. The van der Waals surface area contributed by atoms with Crippen molar-refractivity contribution in [2.45, 2.75) is 37.1 Å². The van der Waals surface area contributed by atoms with E-state index in [0.29, 0.717) is 10.7 Å². The summed E-state index contributed by atoms with van der Waals surface area (Å²) < 4.78 is 23.4. The summed E-state index contributed by atoms with van der Waals surface area (Å²) in [6.07, 6.45) is 1.78. The quantitative estimate of drug-likeness (QED) is 0.716. The Labute approximate surface area is 181 Å². The van der Waals surface area contributed by atoms with Crippen LogP contribution in [0.3, 0.4) is 0 Å². The summed E-state index contributed by atoms with van der Waals surface area (Å²) in [5.74, 6) is 0.197. The molecule has 2 N–H and O–H groups in total. The van der Waals surface area contributed by atoms with Gasteiger partial charge in [0, 0.05) is 22.5 Å². The number of rotatable bonds is 6. The second-order valence-electron chi connectivity index (χ2n) is 7.84. The molecule has 8 heteroatoms. The topological polar surface area (TPSA) is 87.6 Å². The van der Waals surface area contributed by atoms with Crippen LogP contribution >= 0.6 is 11.8 Å². The average molecular weight is 444 g/mol. The lowest BCUT2D eigenvalue weighted by molar-refractivity contribution is 0.0938. The van der Waals surface area contributed by atoms with E-state index in [-0.39, 0.29) is 34.7 Å². The second-order valence-corrected chi connectivity index (χ2v) is 11.2. The van der Waals surface area contributed by atoms with Crippen molar-refractivity contribution in [3.63, 3.8) is 0 Å². The van der Waals surface area contributed by atoms with Gasteiger partial charge in [-0.05, 0) is 43.5 Å². The summed E-state index contributed by atoms with van der Waals surface area (Å²) in [7, 11) is -2.96. The second kappa shape index (κ2) is 8.81. The number of hydrogen-bond donors (Lipinski definition) is 2. The molecule has 6 nitrogen and oxygen atoms in total. The number of carbonyl (C=O) groups is 1. The number of nitrogens with zero attached hydrogens (tertiary/aromatic N) is 1. The summed E-state index contributed by atoms with van der Waals surface area (Å²) in [6.45, 7) is 2.01. The van der Waals surface area contributed by atoms with Gasteiger partial charge < -0.3 is 10.6 Å². The van der Waals surface area contributed by atoms with Crippen LogP contribution in [-0.4, -0.2) is 48.3 Å². The van der Waals surface area contributed by atoms with Crippen LogP contribution in [0.1, 0.15) is 29.3 Å². The van der Waals surface area contributed by atoms with Crippen molar-refractivity contribution in [1.29, 1.82) is 0 Å². The van der Waals surface area contributed by atoms with E-state index in [4.69, 9.17) is 0 Å². The maximum atomic E-state index is 12.6. The van der Waals surface area contributed by atoms with E-state index in [1.807, 2.05) is 37.3 Å². The van der Waals surface area contributed by atoms with E-state index in [9.17, 15) is 13.2 Å². The molecule has 2 aromatic carbocycles. The molecular weight excluding hydrogens is 418 g/mol. The van der Waals surface area contributed by atoms with Gasteiger partial charge in [-0.2, -0.15) is 0 Å². The fourth-order valence-corrected chi connectivity index (χ4v) is 7.36. The van der Waals surface area contributed by atoms with Crippen LogP contribution in [0.25, 0.3) is 0 Å². The van der Waals surface area contributed by atoms with Gasteiger partial charge in [-0.1, -0.05) is 48.2 Å². The van der Waals surface area contributed by atoms with E-state index in [1.54, 1.807) is 12.1 Å². The first-order valence-electron chi connectivity index (χ1n) is 10.0. The number of anilines is 1. The first-order valence-corrected chi connectivity index (χ1v) is 12.7. The third-order valence-electron chi connectivity index (χ3n) is 5.28. The minimum atomic E-state index is -2.96. The zero-order chi connectivity index (χ0) is 21.1. The van der Waals surface area contributed by atoms with Crippen molar-refractivity contribution < 1.29 is 13.2 Å². The number of thioether (sulfide) groups is 1. The van der Waals surface area contributed by atoms with Crippen LogP contribution in [0.4, 0.5) is 5.69 Å². The highest BCUT2D eigenvalue weighted by Gasteiger charge is 2.42. The maximum absolute atomic E-state index is 12.6. The number of carbonyl (C=O) groups excluding carboxylic acids is 1. The van der Waals surface area contributed by atoms with Crippen LogP contribution in [0.2, 0.25) is 0 Å². The first-order chi connectivity index (χ1) is 14.4. The third-order valence-corrected chi connectivity index (χ3v) is 8.42. The lowest BCUT2D eigenvalue weighted by Gasteiger charge is -2.15. The molecular formula is C22H25N3O3S2. The molecule has 0 spiro atoms. The molecule has 2 aliphatic rings. The van der Waals surface area contributed by atoms with E-state index in [1.165, 1.54) is 17.3 Å². The smallest absolute Gasteiger partial charge is 0.251 e. The largest absolute Gasteiger partial charge is 0.350 e. The SMILES string of the molecule is C[C@H](CCc1ccccc1)NC(=O)c1cccc(NC2=N[C@@H]3CS(=O)(=O)C[C@@H]3S2)c1. The molecule has 158 valence electrons. The molecule has 3 atom stereocenters. The molecule has 0 aliphatic carbocycles. The van der Waals surface area contributed by atoms with Gasteiger partial charge in [0.05, 0.1) is 17.5 Å². The summed E-state index contributed by atoms with van der Waals surface area (Å²) in [5.41, 5.74) is 2.61. The molecule has 0 unspecified atom stereocenters. The Balaban J connectivity index is 1.32. The summed E-state index contributed by atoms with van der Waals surface area (Å²) >= 11 is 1.47. The van der Waals surface area contributed by atoms with Crippen LogP contribution in [0.15, 0.2) is 59.6 Å². The van der Waals surface area contributed by atoms with Crippen molar-refractivity contribution in [2.24, 2.45) is 4.99 Å². The molecule has 1 amide bonds. The number of fused-ring (bicyclic) bond motifs is 1. The molecule has 30 heavy (non-hydrogen) atoms. The zero-order valence-corrected chi connectivity index (χ0v) is 18.4. The van der Waals surface area contributed by atoms with Gasteiger partial charge >= 0.3 is 0 Å². The number of benzene rings is 2. The number of aliphatic imine (C=N–C) groups is 1. The highest BCUT2D eigenvalue weighted by Crippen LogP contribution is 2.34. The maximum Gasteiger partial charge on any atom is 0.251 e. The van der Waals surface area contributed by atoms with Crippen LogP contribution < -0.4 is 10.6 Å². The summed E-state index contributed by atoms with van der Waals surface area (Å²) in [5, 5.41) is 7.00. The predicted octanol–water partition coefficient (Wildman–Crippen LogP) is 3.12. The van der Waals surface area contributed by atoms with Crippen LogP contribution in [0, 0.1) is 0 Å². The molecule has 0 bridgehead atoms. The van der Waals surface area contributed by atoms with Gasteiger partial charge in [0.2, 0.25) is 0 Å². The van der Waals surface area contributed by atoms with E-state index in [2.05, 4.69) is 27.8 Å². The standard InChI is InChI=1S/C22H25N3O3S2/c1-15(10-11-16-6-3-2-4-7-16)23-21(26)17-8-5-9-18(12-17)24-22-25-19-13-30(27,28)14-20(19)29-22/h2-9,12,15,19-20H,10-11,13-14H2,1H3,(H,23,26)(H,24,25)/t15-,19-,20+/m1/s1.